The van der Waals surface area contributed by atoms with Crippen LogP contribution in [0.4, 0.5) is 4.39 Å². The average Bonchev–Trinajstić information content (AvgIpc) is 2.87. The smallest absolute Gasteiger partial charge is 0.231 e. The van der Waals surface area contributed by atoms with Gasteiger partial charge in [-0.3, -0.25) is 9.69 Å². The van der Waals surface area contributed by atoms with Crippen LogP contribution < -0.4 is 5.73 Å². The normalized spacial score (nSPS) is 18.8. The van der Waals surface area contributed by atoms with Crippen LogP contribution >= 0.6 is 0 Å². The van der Waals surface area contributed by atoms with Gasteiger partial charge in [0.15, 0.2) is 0 Å². The summed E-state index contributed by atoms with van der Waals surface area (Å²) in [6.07, 6.45) is 1.98. The van der Waals surface area contributed by atoms with Crippen LogP contribution in [0.2, 0.25) is 0 Å². The van der Waals surface area contributed by atoms with E-state index in [1.807, 2.05) is 29.3 Å². The summed E-state index contributed by atoms with van der Waals surface area (Å²) in [6, 6.07) is 10.3. The second-order valence-electron chi connectivity index (χ2n) is 4.99. The van der Waals surface area contributed by atoms with Crippen molar-refractivity contribution in [3.05, 3.63) is 59.7 Å². The quantitative estimate of drug-likeness (QED) is 0.921. The number of nitrogens with two attached hydrogens (primary N) is 1. The lowest BCUT2D eigenvalue weighted by molar-refractivity contribution is -0.119. The van der Waals surface area contributed by atoms with Gasteiger partial charge < -0.3 is 10.3 Å². The molecule has 0 saturated carbocycles. The zero-order valence-corrected chi connectivity index (χ0v) is 11.0. The van der Waals surface area contributed by atoms with Crippen molar-refractivity contribution < 1.29 is 9.18 Å². The third-order valence-electron chi connectivity index (χ3n) is 3.70. The summed E-state index contributed by atoms with van der Waals surface area (Å²) in [5, 5.41) is 0. The fourth-order valence-electron chi connectivity index (χ4n) is 2.85. The van der Waals surface area contributed by atoms with Gasteiger partial charge in [-0.05, 0) is 18.2 Å². The van der Waals surface area contributed by atoms with Gasteiger partial charge in [-0.1, -0.05) is 18.2 Å². The Morgan fingerprint density at radius 2 is 2.05 bits per heavy atom. The Hall–Kier alpha value is -2.14. The van der Waals surface area contributed by atoms with Gasteiger partial charge in [0.05, 0.1) is 12.6 Å². The predicted molar refractivity (Wildman–Crippen MR) is 73.4 cm³/mol. The molecule has 2 N–H and O–H groups in total. The maximum atomic E-state index is 14.1. The van der Waals surface area contributed by atoms with Gasteiger partial charge in [-0.2, -0.15) is 0 Å². The lowest BCUT2D eigenvalue weighted by Crippen LogP contribution is -2.43. The molecule has 1 aliphatic heterocycles. The summed E-state index contributed by atoms with van der Waals surface area (Å²) in [5.41, 5.74) is 6.88. The van der Waals surface area contributed by atoms with Crippen molar-refractivity contribution in [2.75, 3.05) is 13.1 Å². The number of carbonyl (C=O) groups excluding carboxylic acids is 1. The Balaban J connectivity index is 2.07. The number of rotatable bonds is 3. The molecule has 104 valence electrons. The monoisotopic (exact) mass is 273 g/mol. The van der Waals surface area contributed by atoms with E-state index >= 15 is 0 Å². The highest BCUT2D eigenvalue weighted by Crippen LogP contribution is 2.33. The van der Waals surface area contributed by atoms with Crippen molar-refractivity contribution in [2.45, 2.75) is 12.6 Å². The maximum Gasteiger partial charge on any atom is 0.231 e. The summed E-state index contributed by atoms with van der Waals surface area (Å²) in [6.45, 7) is 1.58. The van der Waals surface area contributed by atoms with E-state index in [1.54, 1.807) is 12.1 Å². The number of primary amides is 1. The molecular formula is C15H16FN3O. The van der Waals surface area contributed by atoms with Gasteiger partial charge in [-0.15, -0.1) is 0 Å². The lowest BCUT2D eigenvalue weighted by Gasteiger charge is -2.36. The van der Waals surface area contributed by atoms with Gasteiger partial charge in [-0.25, -0.2) is 4.39 Å². The fourth-order valence-corrected chi connectivity index (χ4v) is 2.85. The van der Waals surface area contributed by atoms with Crippen LogP contribution in [0.15, 0.2) is 42.6 Å². The van der Waals surface area contributed by atoms with Gasteiger partial charge in [0.2, 0.25) is 5.91 Å². The lowest BCUT2D eigenvalue weighted by atomic mass is 9.99. The van der Waals surface area contributed by atoms with Gasteiger partial charge in [0.1, 0.15) is 5.82 Å². The zero-order chi connectivity index (χ0) is 14.1. The number of fused-ring (bicyclic) bond motifs is 1. The second-order valence-corrected chi connectivity index (χ2v) is 4.99. The third-order valence-corrected chi connectivity index (χ3v) is 3.70. The summed E-state index contributed by atoms with van der Waals surface area (Å²) >= 11 is 0. The first kappa shape index (κ1) is 12.9. The van der Waals surface area contributed by atoms with E-state index in [4.69, 9.17) is 5.73 Å². The summed E-state index contributed by atoms with van der Waals surface area (Å²) < 4.78 is 16.2. The van der Waals surface area contributed by atoms with Crippen LogP contribution in [0.25, 0.3) is 0 Å². The topological polar surface area (TPSA) is 51.3 Å². The summed E-state index contributed by atoms with van der Waals surface area (Å²) in [7, 11) is 0. The van der Waals surface area contributed by atoms with Crippen LogP contribution in [0.3, 0.4) is 0 Å². The standard InChI is InChI=1S/C15H16FN3O/c16-12-5-2-1-4-11(12)15-13-6-3-7-18(13)8-9-19(15)10-14(17)20/h1-7,15H,8-10H2,(H2,17,20). The highest BCUT2D eigenvalue weighted by atomic mass is 19.1. The molecule has 0 spiro atoms. The van der Waals surface area contributed by atoms with E-state index in [0.29, 0.717) is 12.1 Å². The number of aromatic nitrogens is 1. The van der Waals surface area contributed by atoms with Crippen molar-refractivity contribution in [2.24, 2.45) is 5.73 Å². The fraction of sp³-hybridized carbons (Fsp3) is 0.267. The molecular weight excluding hydrogens is 257 g/mol. The van der Waals surface area contributed by atoms with E-state index in [2.05, 4.69) is 4.57 Å². The van der Waals surface area contributed by atoms with Crippen LogP contribution in [0.1, 0.15) is 17.3 Å². The van der Waals surface area contributed by atoms with E-state index in [1.165, 1.54) is 6.07 Å². The van der Waals surface area contributed by atoms with Crippen LogP contribution in [0.5, 0.6) is 0 Å². The molecule has 2 heterocycles. The molecule has 0 bridgehead atoms. The van der Waals surface area contributed by atoms with E-state index < -0.39 is 5.91 Å². The molecule has 0 radical (unpaired) electrons. The minimum absolute atomic E-state index is 0.129. The van der Waals surface area contributed by atoms with Crippen LogP contribution in [-0.2, 0) is 11.3 Å². The first-order valence-corrected chi connectivity index (χ1v) is 6.58. The van der Waals surface area contributed by atoms with Crippen molar-refractivity contribution >= 4 is 5.91 Å². The van der Waals surface area contributed by atoms with E-state index in [9.17, 15) is 9.18 Å². The van der Waals surface area contributed by atoms with E-state index in [-0.39, 0.29) is 18.4 Å². The SMILES string of the molecule is NC(=O)CN1CCn2cccc2C1c1ccccc1F. The molecule has 1 aliphatic rings. The highest BCUT2D eigenvalue weighted by molar-refractivity contribution is 5.76. The summed E-state index contributed by atoms with van der Waals surface area (Å²) in [4.78, 5) is 13.2. The molecule has 2 aromatic rings. The Morgan fingerprint density at radius 1 is 1.25 bits per heavy atom. The highest BCUT2D eigenvalue weighted by Gasteiger charge is 2.31. The minimum atomic E-state index is -0.397. The number of hydrogen-bond acceptors (Lipinski definition) is 2. The first-order valence-electron chi connectivity index (χ1n) is 6.58. The van der Waals surface area contributed by atoms with Crippen molar-refractivity contribution in [1.82, 2.24) is 9.47 Å². The molecule has 1 aromatic heterocycles. The van der Waals surface area contributed by atoms with Crippen molar-refractivity contribution in [3.8, 4) is 0 Å². The number of amides is 1. The van der Waals surface area contributed by atoms with Crippen molar-refractivity contribution in [1.29, 1.82) is 0 Å². The Bertz CT molecular complexity index is 638. The molecule has 1 aromatic carbocycles. The summed E-state index contributed by atoms with van der Waals surface area (Å²) in [5.74, 6) is -0.659. The molecule has 4 nitrogen and oxygen atoms in total. The molecule has 20 heavy (non-hydrogen) atoms. The number of carbonyl (C=O) groups is 1. The second kappa shape index (κ2) is 5.09. The molecule has 1 unspecified atom stereocenters. The molecule has 5 heteroatoms. The molecule has 0 aliphatic carbocycles. The van der Waals surface area contributed by atoms with E-state index in [0.717, 1.165) is 12.2 Å². The van der Waals surface area contributed by atoms with Crippen LogP contribution in [-0.4, -0.2) is 28.5 Å². The number of halogens is 1. The van der Waals surface area contributed by atoms with Gasteiger partial charge in [0, 0.05) is 30.5 Å². The number of nitrogens with zero attached hydrogens (tertiary/aromatic N) is 2. The molecule has 3 rings (SSSR count). The Morgan fingerprint density at radius 3 is 2.80 bits per heavy atom. The average molecular weight is 273 g/mol. The van der Waals surface area contributed by atoms with Gasteiger partial charge in [0.25, 0.3) is 0 Å². The third kappa shape index (κ3) is 2.20. The zero-order valence-electron chi connectivity index (χ0n) is 11.0. The molecule has 0 saturated heterocycles. The number of benzene rings is 1. The molecule has 0 fully saturated rings. The van der Waals surface area contributed by atoms with Gasteiger partial charge >= 0.3 is 0 Å². The Labute approximate surface area is 116 Å². The first-order chi connectivity index (χ1) is 9.66. The van der Waals surface area contributed by atoms with Crippen molar-refractivity contribution in [3.63, 3.8) is 0 Å². The Kier molecular flexibility index (Phi) is 3.28. The van der Waals surface area contributed by atoms with Crippen LogP contribution in [0, 0.1) is 5.82 Å². The maximum absolute atomic E-state index is 14.1. The molecule has 1 amide bonds. The minimum Gasteiger partial charge on any atom is -0.369 e. The largest absolute Gasteiger partial charge is 0.369 e. The predicted octanol–water partition coefficient (Wildman–Crippen LogP) is 1.52. The number of hydrogen-bond donors (Lipinski definition) is 1. The molecule has 1 atom stereocenters.